The summed E-state index contributed by atoms with van der Waals surface area (Å²) in [6, 6.07) is 0. The van der Waals surface area contributed by atoms with Crippen LogP contribution >= 0.6 is 11.8 Å². The molecular formula is C13H24N4S. The maximum absolute atomic E-state index is 4.30. The Morgan fingerprint density at radius 2 is 2.06 bits per heavy atom. The molecule has 1 fully saturated rings. The van der Waals surface area contributed by atoms with E-state index in [1.165, 1.54) is 30.3 Å². The number of hydrogen-bond donors (Lipinski definition) is 1. The molecule has 1 aliphatic heterocycles. The first-order chi connectivity index (χ1) is 8.63. The normalized spacial score (nSPS) is 18.2. The van der Waals surface area contributed by atoms with E-state index in [0.29, 0.717) is 0 Å². The summed E-state index contributed by atoms with van der Waals surface area (Å²) in [6.07, 6.45) is 3.93. The fraction of sp³-hybridized carbons (Fsp3) is 0.769. The summed E-state index contributed by atoms with van der Waals surface area (Å²) in [7, 11) is 2.00. The van der Waals surface area contributed by atoms with Gasteiger partial charge in [0.25, 0.3) is 0 Å². The Balaban J connectivity index is 1.95. The third kappa shape index (κ3) is 3.28. The van der Waals surface area contributed by atoms with Gasteiger partial charge in [-0.2, -0.15) is 11.8 Å². The quantitative estimate of drug-likeness (QED) is 0.875. The minimum Gasteiger partial charge on any atom is -0.332 e. The zero-order valence-corrected chi connectivity index (χ0v) is 12.5. The predicted molar refractivity (Wildman–Crippen MR) is 78.1 cm³/mol. The molecule has 18 heavy (non-hydrogen) atoms. The van der Waals surface area contributed by atoms with E-state index in [1.54, 1.807) is 0 Å². The molecule has 4 nitrogen and oxygen atoms in total. The molecule has 102 valence electrons. The van der Waals surface area contributed by atoms with E-state index in [-0.39, 0.29) is 5.54 Å². The average molecular weight is 268 g/mol. The third-order valence-electron chi connectivity index (χ3n) is 3.74. The third-order valence-corrected chi connectivity index (χ3v) is 4.68. The Hall–Kier alpha value is -0.520. The molecule has 1 aliphatic rings. The van der Waals surface area contributed by atoms with Crippen LogP contribution in [0.5, 0.6) is 0 Å². The first-order valence-electron chi connectivity index (χ1n) is 6.63. The Kier molecular flexibility index (Phi) is 4.70. The highest BCUT2D eigenvalue weighted by atomic mass is 32.2. The molecule has 0 radical (unpaired) electrons. The van der Waals surface area contributed by atoms with Crippen molar-refractivity contribution in [2.45, 2.75) is 25.9 Å². The van der Waals surface area contributed by atoms with Crippen molar-refractivity contribution in [2.24, 2.45) is 0 Å². The van der Waals surface area contributed by atoms with E-state index < -0.39 is 0 Å². The molecule has 1 aromatic rings. The molecule has 1 N–H and O–H groups in total. The minimum absolute atomic E-state index is 0.0196. The van der Waals surface area contributed by atoms with Gasteiger partial charge in [-0.05, 0) is 20.9 Å². The van der Waals surface area contributed by atoms with Gasteiger partial charge in [-0.3, -0.25) is 4.90 Å². The topological polar surface area (TPSA) is 33.1 Å². The van der Waals surface area contributed by atoms with Gasteiger partial charge in [0.2, 0.25) is 0 Å². The number of rotatable bonds is 5. The number of imidazole rings is 1. The monoisotopic (exact) mass is 268 g/mol. The summed E-state index contributed by atoms with van der Waals surface area (Å²) < 4.78 is 2.28. The number of hydrogen-bond acceptors (Lipinski definition) is 4. The summed E-state index contributed by atoms with van der Waals surface area (Å²) >= 11 is 2.06. The van der Waals surface area contributed by atoms with Gasteiger partial charge in [-0.1, -0.05) is 0 Å². The summed E-state index contributed by atoms with van der Waals surface area (Å²) in [5.74, 6) is 2.55. The minimum atomic E-state index is -0.0196. The van der Waals surface area contributed by atoms with Crippen molar-refractivity contribution in [3.8, 4) is 0 Å². The molecule has 0 bridgehead atoms. The number of aromatic nitrogens is 2. The van der Waals surface area contributed by atoms with Gasteiger partial charge < -0.3 is 9.88 Å². The van der Waals surface area contributed by atoms with Crippen molar-refractivity contribution in [3.05, 3.63) is 18.2 Å². The van der Waals surface area contributed by atoms with Crippen molar-refractivity contribution >= 4 is 11.8 Å². The largest absolute Gasteiger partial charge is 0.332 e. The van der Waals surface area contributed by atoms with E-state index in [2.05, 4.69) is 45.4 Å². The molecule has 0 amide bonds. The maximum Gasteiger partial charge on any atom is 0.0949 e. The average Bonchev–Trinajstić information content (AvgIpc) is 2.87. The highest BCUT2D eigenvalue weighted by Crippen LogP contribution is 2.19. The lowest BCUT2D eigenvalue weighted by Gasteiger charge is -2.29. The van der Waals surface area contributed by atoms with Gasteiger partial charge in [0.15, 0.2) is 0 Å². The number of thioether (sulfide) groups is 1. The molecule has 0 atom stereocenters. The standard InChI is InChI=1S/C13H24N4S/c1-13(2,14-3)12-10-15-11-17(12)5-4-16-6-8-18-9-7-16/h10-11,14H,4-9H2,1-3H3. The Bertz CT molecular complexity index is 369. The predicted octanol–water partition coefficient (Wildman–Crippen LogP) is 1.39. The zero-order chi connectivity index (χ0) is 13.0. The van der Waals surface area contributed by atoms with Crippen LogP contribution in [0.4, 0.5) is 0 Å². The van der Waals surface area contributed by atoms with Gasteiger partial charge >= 0.3 is 0 Å². The Labute approximate surface area is 114 Å². The van der Waals surface area contributed by atoms with Gasteiger partial charge in [-0.25, -0.2) is 4.98 Å². The molecule has 2 heterocycles. The van der Waals surface area contributed by atoms with E-state index in [4.69, 9.17) is 0 Å². The van der Waals surface area contributed by atoms with Gasteiger partial charge in [0.1, 0.15) is 0 Å². The van der Waals surface area contributed by atoms with Gasteiger partial charge in [0, 0.05) is 43.9 Å². The van der Waals surface area contributed by atoms with E-state index in [0.717, 1.165) is 13.1 Å². The summed E-state index contributed by atoms with van der Waals surface area (Å²) in [5.41, 5.74) is 1.24. The second kappa shape index (κ2) is 6.08. The van der Waals surface area contributed by atoms with Crippen LogP contribution in [0.2, 0.25) is 0 Å². The van der Waals surface area contributed by atoms with E-state index >= 15 is 0 Å². The Morgan fingerprint density at radius 1 is 1.33 bits per heavy atom. The number of nitrogens with one attached hydrogen (secondary N) is 1. The maximum atomic E-state index is 4.30. The molecule has 0 saturated carbocycles. The lowest BCUT2D eigenvalue weighted by atomic mass is 10.0. The second-order valence-corrected chi connectivity index (χ2v) is 6.53. The van der Waals surface area contributed by atoms with Crippen molar-refractivity contribution in [3.63, 3.8) is 0 Å². The van der Waals surface area contributed by atoms with Crippen molar-refractivity contribution in [1.82, 2.24) is 19.8 Å². The lowest BCUT2D eigenvalue weighted by molar-refractivity contribution is 0.283. The highest BCUT2D eigenvalue weighted by molar-refractivity contribution is 7.99. The Morgan fingerprint density at radius 3 is 2.72 bits per heavy atom. The first kappa shape index (κ1) is 13.9. The lowest BCUT2D eigenvalue weighted by Crippen LogP contribution is -2.38. The van der Waals surface area contributed by atoms with Crippen LogP contribution in [-0.4, -0.2) is 52.6 Å². The van der Waals surface area contributed by atoms with E-state index in [1.807, 2.05) is 19.6 Å². The van der Waals surface area contributed by atoms with Crippen LogP contribution in [0.1, 0.15) is 19.5 Å². The van der Waals surface area contributed by atoms with Crippen molar-refractivity contribution in [1.29, 1.82) is 0 Å². The van der Waals surface area contributed by atoms with Crippen LogP contribution in [0.25, 0.3) is 0 Å². The fourth-order valence-corrected chi connectivity index (χ4v) is 3.20. The van der Waals surface area contributed by atoms with E-state index in [9.17, 15) is 0 Å². The highest BCUT2D eigenvalue weighted by Gasteiger charge is 2.22. The van der Waals surface area contributed by atoms with Crippen LogP contribution in [-0.2, 0) is 12.1 Å². The van der Waals surface area contributed by atoms with Gasteiger partial charge in [0.05, 0.1) is 17.6 Å². The second-order valence-electron chi connectivity index (χ2n) is 5.30. The SMILES string of the molecule is CNC(C)(C)c1cncn1CCN1CCSCC1. The summed E-state index contributed by atoms with van der Waals surface area (Å²) in [4.78, 5) is 6.85. The molecule has 5 heteroatoms. The van der Waals surface area contributed by atoms with Crippen LogP contribution in [0.3, 0.4) is 0 Å². The van der Waals surface area contributed by atoms with Gasteiger partial charge in [-0.15, -0.1) is 0 Å². The molecule has 2 rings (SSSR count). The molecule has 0 aromatic carbocycles. The van der Waals surface area contributed by atoms with Crippen molar-refractivity contribution in [2.75, 3.05) is 38.2 Å². The molecule has 1 saturated heterocycles. The van der Waals surface area contributed by atoms with Crippen molar-refractivity contribution < 1.29 is 0 Å². The zero-order valence-electron chi connectivity index (χ0n) is 11.6. The van der Waals surface area contributed by atoms with Crippen LogP contribution in [0, 0.1) is 0 Å². The summed E-state index contributed by atoms with van der Waals surface area (Å²) in [5, 5.41) is 3.34. The first-order valence-corrected chi connectivity index (χ1v) is 7.78. The molecule has 0 spiro atoms. The van der Waals surface area contributed by atoms with Crippen LogP contribution < -0.4 is 5.32 Å². The fourth-order valence-electron chi connectivity index (χ4n) is 2.22. The summed E-state index contributed by atoms with van der Waals surface area (Å²) in [6.45, 7) is 9.00. The van der Waals surface area contributed by atoms with Crippen LogP contribution in [0.15, 0.2) is 12.5 Å². The molecule has 0 unspecified atom stereocenters. The molecule has 0 aliphatic carbocycles. The molecular weight excluding hydrogens is 244 g/mol. The smallest absolute Gasteiger partial charge is 0.0949 e. The number of nitrogens with zero attached hydrogens (tertiary/aromatic N) is 3. The molecule has 1 aromatic heterocycles.